The van der Waals surface area contributed by atoms with Gasteiger partial charge in [-0.2, -0.15) is 10.2 Å². The van der Waals surface area contributed by atoms with Gasteiger partial charge in [-0.05, 0) is 46.8 Å². The predicted molar refractivity (Wildman–Crippen MR) is 82.2 cm³/mol. The number of rotatable bonds is 4. The van der Waals surface area contributed by atoms with Gasteiger partial charge in [-0.1, -0.05) is 23.4 Å². The van der Waals surface area contributed by atoms with Crippen molar-refractivity contribution >= 4 is 11.8 Å². The van der Waals surface area contributed by atoms with Gasteiger partial charge in [0.2, 0.25) is 0 Å². The third-order valence-electron chi connectivity index (χ3n) is 2.46. The summed E-state index contributed by atoms with van der Waals surface area (Å²) < 4.78 is 0. The molecule has 0 bridgehead atoms. The largest absolute Gasteiger partial charge is 0.382 e. The highest BCUT2D eigenvalue weighted by atomic mass is 16.7. The van der Waals surface area contributed by atoms with Crippen molar-refractivity contribution in [2.75, 3.05) is 0 Å². The minimum absolute atomic E-state index is 0.0831. The number of nitrogens with two attached hydrogens (primary N) is 1. The van der Waals surface area contributed by atoms with Crippen LogP contribution in [0.5, 0.6) is 0 Å². The van der Waals surface area contributed by atoms with Crippen molar-refractivity contribution in [3.63, 3.8) is 0 Å². The first-order valence-electron chi connectivity index (χ1n) is 6.66. The minimum atomic E-state index is -0.843. The molecule has 0 radical (unpaired) electrons. The Labute approximate surface area is 125 Å². The van der Waals surface area contributed by atoms with E-state index in [9.17, 15) is 4.79 Å². The van der Waals surface area contributed by atoms with Crippen LogP contribution in [0.25, 0.3) is 0 Å². The van der Waals surface area contributed by atoms with E-state index in [-0.39, 0.29) is 11.4 Å². The molecule has 0 heterocycles. The fraction of sp³-hybridized carbons (Fsp3) is 0.467. The van der Waals surface area contributed by atoms with Crippen LogP contribution in [0.15, 0.2) is 45.7 Å². The molecule has 0 fully saturated rings. The zero-order chi connectivity index (χ0) is 16.1. The fourth-order valence-electron chi connectivity index (χ4n) is 1.16. The number of hydrogen-bond acceptors (Lipinski definition) is 5. The molecule has 0 aromatic heterocycles. The van der Waals surface area contributed by atoms with Crippen molar-refractivity contribution in [3.8, 4) is 0 Å². The lowest BCUT2D eigenvalue weighted by molar-refractivity contribution is 0.0513. The zero-order valence-electron chi connectivity index (χ0n) is 13.1. The van der Waals surface area contributed by atoms with Gasteiger partial charge in [-0.3, -0.25) is 0 Å². The molecule has 0 atom stereocenters. The molecular formula is C15H22N4O2. The second kappa shape index (κ2) is 6.47. The van der Waals surface area contributed by atoms with Gasteiger partial charge in [0.1, 0.15) is 5.54 Å². The Hall–Kier alpha value is -2.24. The summed E-state index contributed by atoms with van der Waals surface area (Å²) in [5, 5.41) is 12.0. The highest BCUT2D eigenvalue weighted by Crippen LogP contribution is 2.15. The molecule has 21 heavy (non-hydrogen) atoms. The summed E-state index contributed by atoms with van der Waals surface area (Å²) in [6, 6.07) is 8.57. The van der Waals surface area contributed by atoms with E-state index in [1.54, 1.807) is 38.1 Å². The number of benzene rings is 1. The van der Waals surface area contributed by atoms with Gasteiger partial charge in [-0.15, -0.1) is 0 Å². The molecule has 0 amide bonds. The number of carbonyl (C=O) groups excluding carboxylic acids is 1. The average molecular weight is 290 g/mol. The van der Waals surface area contributed by atoms with Crippen LogP contribution in [0.4, 0.5) is 0 Å². The van der Waals surface area contributed by atoms with E-state index in [1.165, 1.54) is 0 Å². The second-order valence-electron chi connectivity index (χ2n) is 6.15. The van der Waals surface area contributed by atoms with E-state index in [1.807, 2.05) is 26.8 Å². The van der Waals surface area contributed by atoms with Gasteiger partial charge in [0.25, 0.3) is 0 Å². The Morgan fingerprint density at radius 3 is 2.14 bits per heavy atom. The number of hydrogen-bond donors (Lipinski definition) is 1. The Kier molecular flexibility index (Phi) is 5.18. The summed E-state index contributed by atoms with van der Waals surface area (Å²) in [6.07, 6.45) is 0. The quantitative estimate of drug-likeness (QED) is 0.304. The average Bonchev–Trinajstić information content (AvgIpc) is 2.42. The molecule has 0 aliphatic carbocycles. The van der Waals surface area contributed by atoms with Crippen LogP contribution >= 0.6 is 0 Å². The molecular weight excluding hydrogens is 268 g/mol. The molecule has 1 aromatic carbocycles. The first kappa shape index (κ1) is 16.8. The van der Waals surface area contributed by atoms with Crippen LogP contribution in [0.1, 0.15) is 45.0 Å². The second-order valence-corrected chi connectivity index (χ2v) is 6.15. The maximum atomic E-state index is 11.8. The highest BCUT2D eigenvalue weighted by Gasteiger charge is 2.25. The summed E-state index contributed by atoms with van der Waals surface area (Å²) in [5.41, 5.74) is 5.08. The van der Waals surface area contributed by atoms with Crippen molar-refractivity contribution < 1.29 is 9.63 Å². The highest BCUT2D eigenvalue weighted by molar-refractivity contribution is 5.92. The van der Waals surface area contributed by atoms with Gasteiger partial charge in [0, 0.05) is 0 Å². The predicted octanol–water partition coefficient (Wildman–Crippen LogP) is 3.14. The molecule has 2 N–H and O–H groups in total. The van der Waals surface area contributed by atoms with Crippen LogP contribution in [0, 0.1) is 0 Å². The van der Waals surface area contributed by atoms with Crippen molar-refractivity contribution in [1.82, 2.24) is 0 Å². The number of nitrogens with zero attached hydrogens (tertiary/aromatic N) is 3. The molecule has 1 rings (SSSR count). The van der Waals surface area contributed by atoms with E-state index < -0.39 is 11.5 Å². The molecule has 0 aliphatic rings. The summed E-state index contributed by atoms with van der Waals surface area (Å²) >= 11 is 0. The number of amidine groups is 1. The van der Waals surface area contributed by atoms with Crippen LogP contribution in [0.3, 0.4) is 0 Å². The van der Waals surface area contributed by atoms with Crippen LogP contribution in [-0.2, 0) is 4.84 Å². The third-order valence-corrected chi connectivity index (χ3v) is 2.46. The normalized spacial score (nSPS) is 13.5. The molecule has 0 unspecified atom stereocenters. The molecule has 114 valence electrons. The van der Waals surface area contributed by atoms with Crippen molar-refractivity contribution in [3.05, 3.63) is 35.9 Å². The third kappa shape index (κ3) is 5.72. The topological polar surface area (TPSA) is 89.4 Å². The number of azo groups is 1. The smallest absolute Gasteiger partial charge is 0.365 e. The maximum Gasteiger partial charge on any atom is 0.365 e. The van der Waals surface area contributed by atoms with Gasteiger partial charge in [0.15, 0.2) is 5.84 Å². The lowest BCUT2D eigenvalue weighted by atomic mass is 10.1. The van der Waals surface area contributed by atoms with Gasteiger partial charge < -0.3 is 10.6 Å². The molecule has 0 saturated heterocycles. The van der Waals surface area contributed by atoms with E-state index in [0.29, 0.717) is 5.56 Å². The van der Waals surface area contributed by atoms with E-state index in [0.717, 1.165) is 0 Å². The lowest BCUT2D eigenvalue weighted by Gasteiger charge is -2.19. The molecule has 0 aliphatic heterocycles. The monoisotopic (exact) mass is 290 g/mol. The Morgan fingerprint density at radius 2 is 1.62 bits per heavy atom. The minimum Gasteiger partial charge on any atom is -0.382 e. The number of carbonyl (C=O) groups is 1. The van der Waals surface area contributed by atoms with E-state index in [2.05, 4.69) is 15.4 Å². The van der Waals surface area contributed by atoms with E-state index in [4.69, 9.17) is 10.6 Å². The van der Waals surface area contributed by atoms with Crippen LogP contribution < -0.4 is 5.73 Å². The Morgan fingerprint density at radius 1 is 1.05 bits per heavy atom. The van der Waals surface area contributed by atoms with Crippen molar-refractivity contribution in [2.45, 2.75) is 45.7 Å². The van der Waals surface area contributed by atoms with Crippen molar-refractivity contribution in [2.24, 2.45) is 21.1 Å². The van der Waals surface area contributed by atoms with Crippen LogP contribution in [0.2, 0.25) is 0 Å². The Bertz CT molecular complexity index is 543. The molecule has 6 heteroatoms. The maximum absolute atomic E-state index is 11.8. The number of oxime groups is 1. The van der Waals surface area contributed by atoms with Crippen molar-refractivity contribution in [1.29, 1.82) is 0 Å². The van der Waals surface area contributed by atoms with Gasteiger partial charge >= 0.3 is 5.97 Å². The Balaban J connectivity index is 2.76. The fourth-order valence-corrected chi connectivity index (χ4v) is 1.16. The van der Waals surface area contributed by atoms with Crippen LogP contribution in [-0.4, -0.2) is 22.9 Å². The van der Waals surface area contributed by atoms with E-state index >= 15 is 0 Å². The zero-order valence-corrected chi connectivity index (χ0v) is 13.1. The molecule has 0 saturated carbocycles. The summed E-state index contributed by atoms with van der Waals surface area (Å²) in [4.78, 5) is 16.6. The van der Waals surface area contributed by atoms with Gasteiger partial charge in [-0.25, -0.2) is 4.79 Å². The molecule has 0 spiro atoms. The lowest BCUT2D eigenvalue weighted by Crippen LogP contribution is -2.37. The first-order valence-corrected chi connectivity index (χ1v) is 6.66. The summed E-state index contributed by atoms with van der Waals surface area (Å²) in [6.45, 7) is 9.27. The molecule has 6 nitrogen and oxygen atoms in total. The summed E-state index contributed by atoms with van der Waals surface area (Å²) in [7, 11) is 0. The standard InChI is InChI=1S/C15H22N4O2/c1-14(2,3)18-19-15(4,5)13(16)17-21-12(20)11-9-7-6-8-10-11/h6-10H,1-5H3,(H2,16,17). The van der Waals surface area contributed by atoms with Gasteiger partial charge in [0.05, 0.1) is 11.1 Å². The first-order chi connectivity index (χ1) is 9.62. The SMILES string of the molecule is CC(C)(C)N=NC(C)(C)C(N)=NOC(=O)c1ccccc1. The summed E-state index contributed by atoms with van der Waals surface area (Å²) in [5.74, 6) is -0.484. The molecule has 1 aromatic rings.